The lowest BCUT2D eigenvalue weighted by Crippen LogP contribution is -2.26. The van der Waals surface area contributed by atoms with E-state index in [1.165, 1.54) is 14.0 Å². The Morgan fingerprint density at radius 1 is 1.00 bits per heavy atom. The molecule has 0 bridgehead atoms. The van der Waals surface area contributed by atoms with Gasteiger partial charge in [-0.1, -0.05) is 0 Å². The number of amides is 1. The van der Waals surface area contributed by atoms with E-state index in [0.717, 1.165) is 22.3 Å². The predicted octanol–water partition coefficient (Wildman–Crippen LogP) is 3.48. The normalized spacial score (nSPS) is 14.7. The summed E-state index contributed by atoms with van der Waals surface area (Å²) in [4.78, 5) is 24.7. The average Bonchev–Trinajstić information content (AvgIpc) is 2.94. The lowest BCUT2D eigenvalue weighted by Gasteiger charge is -2.20. The molecule has 1 amide bonds. The van der Waals surface area contributed by atoms with Crippen LogP contribution in [0.3, 0.4) is 0 Å². The number of rotatable bonds is 5. The first-order valence-corrected chi connectivity index (χ1v) is 10.4. The lowest BCUT2D eigenvalue weighted by molar-refractivity contribution is -0.119. The van der Waals surface area contributed by atoms with E-state index < -0.39 is 0 Å². The maximum Gasteiger partial charge on any atom is 0.233 e. The summed E-state index contributed by atoms with van der Waals surface area (Å²) in [6.07, 6.45) is 1.30. The molecule has 160 valence electrons. The Kier molecular flexibility index (Phi) is 6.74. The van der Waals surface area contributed by atoms with Crippen molar-refractivity contribution in [1.82, 2.24) is 5.32 Å². The number of methoxy groups -OCH3 is 4. The van der Waals surface area contributed by atoms with Gasteiger partial charge in [-0.15, -0.1) is 0 Å². The number of benzene rings is 1. The zero-order valence-corrected chi connectivity index (χ0v) is 19.7. The minimum Gasteiger partial charge on any atom is -0.493 e. The van der Waals surface area contributed by atoms with Gasteiger partial charge < -0.3 is 24.3 Å². The number of carbonyl (C=O) groups excluding carboxylic acids is 1. The second-order valence-electron chi connectivity index (χ2n) is 6.87. The van der Waals surface area contributed by atoms with Crippen LogP contribution in [0, 0.1) is 3.57 Å². The van der Waals surface area contributed by atoms with Crippen LogP contribution in [-0.2, 0) is 11.2 Å². The third-order valence-corrected chi connectivity index (χ3v) is 5.97. The fraction of sp³-hybridized carbons (Fsp3) is 0.364. The van der Waals surface area contributed by atoms with Crippen molar-refractivity contribution in [2.75, 3.05) is 28.4 Å². The van der Waals surface area contributed by atoms with Crippen LogP contribution in [0.25, 0.3) is 11.1 Å². The fourth-order valence-corrected chi connectivity index (χ4v) is 4.46. The Morgan fingerprint density at radius 3 is 2.23 bits per heavy atom. The van der Waals surface area contributed by atoms with E-state index in [1.807, 2.05) is 34.7 Å². The Morgan fingerprint density at radius 2 is 1.67 bits per heavy atom. The summed E-state index contributed by atoms with van der Waals surface area (Å²) in [6, 6.07) is 5.15. The summed E-state index contributed by atoms with van der Waals surface area (Å²) in [5.41, 5.74) is 3.14. The average molecular weight is 525 g/mol. The van der Waals surface area contributed by atoms with Crippen LogP contribution in [-0.4, -0.2) is 34.3 Å². The zero-order valence-electron chi connectivity index (χ0n) is 17.6. The Bertz CT molecular complexity index is 1050. The molecule has 0 saturated heterocycles. The zero-order chi connectivity index (χ0) is 22.0. The molecule has 2 aromatic carbocycles. The van der Waals surface area contributed by atoms with Crippen molar-refractivity contribution in [2.45, 2.75) is 25.8 Å². The van der Waals surface area contributed by atoms with Gasteiger partial charge in [-0.05, 0) is 70.3 Å². The molecule has 0 aliphatic heterocycles. The van der Waals surface area contributed by atoms with Gasteiger partial charge in [0.1, 0.15) is 0 Å². The molecule has 1 unspecified atom stereocenters. The van der Waals surface area contributed by atoms with Crippen LogP contribution in [0.5, 0.6) is 23.0 Å². The molecular formula is C22H24INO6. The number of fused-ring (bicyclic) bond motifs is 3. The Labute approximate surface area is 188 Å². The minimum absolute atomic E-state index is 0.151. The van der Waals surface area contributed by atoms with Crippen molar-refractivity contribution in [2.24, 2.45) is 0 Å². The predicted molar refractivity (Wildman–Crippen MR) is 122 cm³/mol. The highest BCUT2D eigenvalue weighted by Crippen LogP contribution is 2.50. The molecule has 2 aromatic rings. The molecule has 0 heterocycles. The quantitative estimate of drug-likeness (QED) is 0.603. The SMILES string of the molecule is COc1cc2c(c(OC)c1OC)-c1cc(I)c(=O)c(OC)cc1C(NC(C)=O)CC2. The van der Waals surface area contributed by atoms with Crippen molar-refractivity contribution in [3.05, 3.63) is 43.1 Å². The summed E-state index contributed by atoms with van der Waals surface area (Å²) in [6.45, 7) is 1.48. The van der Waals surface area contributed by atoms with E-state index in [4.69, 9.17) is 18.9 Å². The van der Waals surface area contributed by atoms with Crippen molar-refractivity contribution in [3.63, 3.8) is 0 Å². The standard InChI is InChI=1S/C22H24INO6/c1-11(25)24-16-7-6-12-8-18(28-3)21(29-4)22(30-5)19(12)14-9-15(23)20(26)17(27-2)10-13(14)16/h8-10,16H,6-7H2,1-5H3,(H,24,25). The monoisotopic (exact) mass is 525 g/mol. The first-order chi connectivity index (χ1) is 14.4. The Balaban J connectivity index is 2.48. The van der Waals surface area contributed by atoms with Gasteiger partial charge >= 0.3 is 0 Å². The maximum atomic E-state index is 12.8. The number of halogens is 1. The number of ether oxygens (including phenoxy) is 4. The van der Waals surface area contributed by atoms with Gasteiger partial charge in [-0.25, -0.2) is 0 Å². The third kappa shape index (κ3) is 3.92. The third-order valence-electron chi connectivity index (χ3n) is 5.17. The summed E-state index contributed by atoms with van der Waals surface area (Å²) in [7, 11) is 6.16. The number of aryl methyl sites for hydroxylation is 1. The van der Waals surface area contributed by atoms with Gasteiger partial charge in [-0.2, -0.15) is 0 Å². The summed E-state index contributed by atoms with van der Waals surface area (Å²) in [5, 5.41) is 3.01. The minimum atomic E-state index is -0.303. The summed E-state index contributed by atoms with van der Waals surface area (Å²) >= 11 is 2.01. The molecule has 30 heavy (non-hydrogen) atoms. The van der Waals surface area contributed by atoms with Gasteiger partial charge in [0.15, 0.2) is 17.2 Å². The van der Waals surface area contributed by atoms with E-state index in [9.17, 15) is 9.59 Å². The van der Waals surface area contributed by atoms with E-state index in [2.05, 4.69) is 5.32 Å². The summed E-state index contributed by atoms with van der Waals surface area (Å²) in [5.74, 6) is 1.62. The highest BCUT2D eigenvalue weighted by atomic mass is 127. The van der Waals surface area contributed by atoms with Crippen molar-refractivity contribution < 1.29 is 23.7 Å². The largest absolute Gasteiger partial charge is 0.493 e. The molecule has 1 N–H and O–H groups in total. The van der Waals surface area contributed by atoms with Crippen LogP contribution in [0.1, 0.15) is 30.5 Å². The van der Waals surface area contributed by atoms with Gasteiger partial charge in [0.2, 0.25) is 17.1 Å². The molecule has 0 fully saturated rings. The molecule has 0 aromatic heterocycles. The topological polar surface area (TPSA) is 83.1 Å². The number of hydrogen-bond donors (Lipinski definition) is 1. The molecule has 0 spiro atoms. The van der Waals surface area contributed by atoms with E-state index >= 15 is 0 Å². The second kappa shape index (κ2) is 9.11. The van der Waals surface area contributed by atoms with Crippen molar-refractivity contribution in [1.29, 1.82) is 0 Å². The van der Waals surface area contributed by atoms with Crippen LogP contribution in [0.4, 0.5) is 0 Å². The van der Waals surface area contributed by atoms with Crippen LogP contribution in [0.2, 0.25) is 0 Å². The number of nitrogens with one attached hydrogen (secondary N) is 1. The smallest absolute Gasteiger partial charge is 0.233 e. The van der Waals surface area contributed by atoms with E-state index in [0.29, 0.717) is 33.7 Å². The second-order valence-corrected chi connectivity index (χ2v) is 8.04. The summed E-state index contributed by atoms with van der Waals surface area (Å²) < 4.78 is 22.7. The van der Waals surface area contributed by atoms with Gasteiger partial charge in [0.25, 0.3) is 0 Å². The number of hydrogen-bond acceptors (Lipinski definition) is 6. The van der Waals surface area contributed by atoms with E-state index in [1.54, 1.807) is 27.4 Å². The molecule has 1 aliphatic carbocycles. The fourth-order valence-electron chi connectivity index (χ4n) is 3.88. The van der Waals surface area contributed by atoms with E-state index in [-0.39, 0.29) is 23.1 Å². The van der Waals surface area contributed by atoms with Gasteiger partial charge in [0.05, 0.1) is 38.1 Å². The molecule has 0 radical (unpaired) electrons. The molecule has 1 aliphatic rings. The van der Waals surface area contributed by atoms with Crippen LogP contribution < -0.4 is 29.7 Å². The maximum absolute atomic E-state index is 12.8. The van der Waals surface area contributed by atoms with Crippen LogP contribution in [0.15, 0.2) is 23.0 Å². The highest BCUT2D eigenvalue weighted by Gasteiger charge is 2.30. The molecular weight excluding hydrogens is 501 g/mol. The molecule has 0 saturated carbocycles. The number of carbonyl (C=O) groups is 1. The van der Waals surface area contributed by atoms with Crippen molar-refractivity contribution >= 4 is 28.5 Å². The molecule has 3 rings (SSSR count). The van der Waals surface area contributed by atoms with Gasteiger partial charge in [0, 0.05) is 12.5 Å². The van der Waals surface area contributed by atoms with Gasteiger partial charge in [-0.3, -0.25) is 9.59 Å². The first-order valence-electron chi connectivity index (χ1n) is 9.37. The Hall–Kier alpha value is -2.49. The van der Waals surface area contributed by atoms with Crippen molar-refractivity contribution in [3.8, 4) is 34.1 Å². The molecule has 8 heteroatoms. The first kappa shape index (κ1) is 22.2. The lowest BCUT2D eigenvalue weighted by atomic mass is 9.95. The molecule has 7 nitrogen and oxygen atoms in total. The van der Waals surface area contributed by atoms with Crippen LogP contribution >= 0.6 is 22.6 Å². The molecule has 1 atom stereocenters. The highest BCUT2D eigenvalue weighted by molar-refractivity contribution is 14.1.